The summed E-state index contributed by atoms with van der Waals surface area (Å²) < 4.78 is 20.0. The van der Waals surface area contributed by atoms with Gasteiger partial charge in [0, 0.05) is 21.1 Å². The molecule has 1 N–H and O–H groups in total. The van der Waals surface area contributed by atoms with Gasteiger partial charge in [-0.1, -0.05) is 6.92 Å². The van der Waals surface area contributed by atoms with Crippen molar-refractivity contribution in [3.63, 3.8) is 0 Å². The zero-order valence-electron chi connectivity index (χ0n) is 9.04. The second-order valence-electron chi connectivity index (χ2n) is 3.95. The summed E-state index contributed by atoms with van der Waals surface area (Å²) in [6, 6.07) is 3.73. The van der Waals surface area contributed by atoms with Gasteiger partial charge in [-0.3, -0.25) is 0 Å². The Morgan fingerprint density at radius 1 is 1.56 bits per heavy atom. The number of hydrogen-bond donors (Lipinski definition) is 1. The van der Waals surface area contributed by atoms with Gasteiger partial charge in [0.05, 0.1) is 6.61 Å². The van der Waals surface area contributed by atoms with E-state index in [1.807, 2.05) is 19.1 Å². The first-order valence-corrected chi connectivity index (χ1v) is 6.49. The Morgan fingerprint density at radius 3 is 3.00 bits per heavy atom. The van der Waals surface area contributed by atoms with Gasteiger partial charge in [0.1, 0.15) is 18.0 Å². The monoisotopic (exact) mass is 336 g/mol. The van der Waals surface area contributed by atoms with Crippen LogP contribution in [0.2, 0.25) is 0 Å². The molecule has 0 amide bonds. The van der Waals surface area contributed by atoms with E-state index < -0.39 is 12.3 Å². The van der Waals surface area contributed by atoms with E-state index in [2.05, 4.69) is 22.6 Å². The lowest BCUT2D eigenvalue weighted by Gasteiger charge is -2.12. The van der Waals surface area contributed by atoms with Gasteiger partial charge in [0.15, 0.2) is 0 Å². The number of benzene rings is 1. The molecule has 1 aromatic carbocycles. The van der Waals surface area contributed by atoms with Crippen molar-refractivity contribution in [1.29, 1.82) is 0 Å². The van der Waals surface area contributed by atoms with Crippen molar-refractivity contribution in [3.8, 4) is 5.75 Å². The van der Waals surface area contributed by atoms with Crippen molar-refractivity contribution in [2.45, 2.75) is 32.0 Å². The SMILES string of the molecule is CCCOc1ccc(I)c2c1CC(F)C2O. The summed E-state index contributed by atoms with van der Waals surface area (Å²) in [7, 11) is 0. The van der Waals surface area contributed by atoms with Crippen LogP contribution in [0.25, 0.3) is 0 Å². The Bertz CT molecular complexity index is 395. The maximum absolute atomic E-state index is 13.5. The highest BCUT2D eigenvalue weighted by Gasteiger charge is 2.34. The van der Waals surface area contributed by atoms with Crippen LogP contribution in [0.1, 0.15) is 30.6 Å². The molecule has 16 heavy (non-hydrogen) atoms. The smallest absolute Gasteiger partial charge is 0.134 e. The predicted molar refractivity (Wildman–Crippen MR) is 68.5 cm³/mol. The topological polar surface area (TPSA) is 29.5 Å². The summed E-state index contributed by atoms with van der Waals surface area (Å²) in [5, 5.41) is 9.75. The van der Waals surface area contributed by atoms with Crippen LogP contribution in [0.5, 0.6) is 5.75 Å². The van der Waals surface area contributed by atoms with E-state index >= 15 is 0 Å². The van der Waals surface area contributed by atoms with Crippen LogP contribution in [-0.2, 0) is 6.42 Å². The molecule has 88 valence electrons. The molecule has 0 radical (unpaired) electrons. The Labute approximate surface area is 108 Å². The summed E-state index contributed by atoms with van der Waals surface area (Å²) in [4.78, 5) is 0. The third-order valence-corrected chi connectivity index (χ3v) is 3.70. The van der Waals surface area contributed by atoms with E-state index in [4.69, 9.17) is 4.74 Å². The lowest BCUT2D eigenvalue weighted by Crippen LogP contribution is -2.07. The molecule has 0 aliphatic heterocycles. The summed E-state index contributed by atoms with van der Waals surface area (Å²) in [5.41, 5.74) is 1.54. The maximum atomic E-state index is 13.5. The van der Waals surface area contributed by atoms with Crippen LogP contribution in [-0.4, -0.2) is 17.9 Å². The zero-order valence-corrected chi connectivity index (χ0v) is 11.2. The normalized spacial score (nSPS) is 23.2. The minimum atomic E-state index is -1.20. The molecular formula is C12H14FIO2. The fourth-order valence-electron chi connectivity index (χ4n) is 1.98. The molecule has 0 saturated carbocycles. The second kappa shape index (κ2) is 4.87. The molecule has 1 aliphatic rings. The zero-order chi connectivity index (χ0) is 11.7. The summed E-state index contributed by atoms with van der Waals surface area (Å²) in [6.07, 6.45) is -1.02. The third kappa shape index (κ3) is 2.05. The number of alkyl halides is 1. The lowest BCUT2D eigenvalue weighted by molar-refractivity contribution is 0.0920. The Balaban J connectivity index is 2.37. The first-order chi connectivity index (χ1) is 7.65. The Kier molecular flexibility index (Phi) is 3.69. The molecule has 1 aliphatic carbocycles. The predicted octanol–water partition coefficient (Wildman–Crippen LogP) is 3.01. The fraction of sp³-hybridized carbons (Fsp3) is 0.500. The van der Waals surface area contributed by atoms with Gasteiger partial charge in [-0.25, -0.2) is 4.39 Å². The average molecular weight is 336 g/mol. The molecule has 2 atom stereocenters. The van der Waals surface area contributed by atoms with Crippen molar-refractivity contribution in [3.05, 3.63) is 26.8 Å². The molecule has 2 unspecified atom stereocenters. The molecule has 0 spiro atoms. The first kappa shape index (κ1) is 12.1. The van der Waals surface area contributed by atoms with E-state index in [0.29, 0.717) is 12.2 Å². The van der Waals surface area contributed by atoms with Crippen molar-refractivity contribution in [1.82, 2.24) is 0 Å². The Hall–Kier alpha value is -0.360. The maximum Gasteiger partial charge on any atom is 0.134 e. The van der Waals surface area contributed by atoms with Crippen LogP contribution < -0.4 is 4.74 Å². The van der Waals surface area contributed by atoms with Crippen molar-refractivity contribution in [2.75, 3.05) is 6.61 Å². The fourth-order valence-corrected chi connectivity index (χ4v) is 2.81. The van der Waals surface area contributed by atoms with Gasteiger partial charge in [-0.15, -0.1) is 0 Å². The van der Waals surface area contributed by atoms with Crippen molar-refractivity contribution >= 4 is 22.6 Å². The molecule has 2 rings (SSSR count). The third-order valence-electron chi connectivity index (χ3n) is 2.76. The largest absolute Gasteiger partial charge is 0.493 e. The first-order valence-electron chi connectivity index (χ1n) is 5.41. The number of rotatable bonds is 3. The van der Waals surface area contributed by atoms with Crippen molar-refractivity contribution in [2.24, 2.45) is 0 Å². The number of ether oxygens (including phenoxy) is 1. The van der Waals surface area contributed by atoms with E-state index in [9.17, 15) is 9.50 Å². The highest BCUT2D eigenvalue weighted by Crippen LogP contribution is 2.41. The van der Waals surface area contributed by atoms with Crippen LogP contribution in [0.4, 0.5) is 4.39 Å². The van der Waals surface area contributed by atoms with Crippen LogP contribution in [0.3, 0.4) is 0 Å². The van der Waals surface area contributed by atoms with Gasteiger partial charge >= 0.3 is 0 Å². The molecular weight excluding hydrogens is 322 g/mol. The molecule has 0 heterocycles. The Morgan fingerprint density at radius 2 is 2.31 bits per heavy atom. The molecule has 1 aromatic rings. The second-order valence-corrected chi connectivity index (χ2v) is 5.11. The lowest BCUT2D eigenvalue weighted by atomic mass is 10.1. The number of hydrogen-bond acceptors (Lipinski definition) is 2. The van der Waals surface area contributed by atoms with Gasteiger partial charge in [0.2, 0.25) is 0 Å². The summed E-state index contributed by atoms with van der Waals surface area (Å²) in [5.74, 6) is 0.719. The average Bonchev–Trinajstić information content (AvgIpc) is 2.56. The van der Waals surface area contributed by atoms with Crippen LogP contribution in [0, 0.1) is 3.57 Å². The molecule has 2 nitrogen and oxygen atoms in total. The van der Waals surface area contributed by atoms with Crippen LogP contribution in [0.15, 0.2) is 12.1 Å². The number of aliphatic hydroxyl groups is 1. The molecule has 0 saturated heterocycles. The van der Waals surface area contributed by atoms with E-state index in [1.165, 1.54) is 0 Å². The quantitative estimate of drug-likeness (QED) is 0.860. The number of fused-ring (bicyclic) bond motifs is 1. The van der Waals surface area contributed by atoms with Gasteiger partial charge in [-0.05, 0) is 41.1 Å². The van der Waals surface area contributed by atoms with Gasteiger partial charge in [-0.2, -0.15) is 0 Å². The molecule has 0 bridgehead atoms. The molecule has 0 fully saturated rings. The minimum Gasteiger partial charge on any atom is -0.493 e. The van der Waals surface area contributed by atoms with E-state index in [0.717, 1.165) is 21.3 Å². The van der Waals surface area contributed by atoms with Crippen LogP contribution >= 0.6 is 22.6 Å². The molecule has 4 heteroatoms. The highest BCUT2D eigenvalue weighted by molar-refractivity contribution is 14.1. The summed E-state index contributed by atoms with van der Waals surface area (Å²) >= 11 is 2.12. The van der Waals surface area contributed by atoms with Gasteiger partial charge in [0.25, 0.3) is 0 Å². The number of halogens is 2. The van der Waals surface area contributed by atoms with E-state index in [-0.39, 0.29) is 6.42 Å². The van der Waals surface area contributed by atoms with E-state index in [1.54, 1.807) is 0 Å². The molecule has 0 aromatic heterocycles. The summed E-state index contributed by atoms with van der Waals surface area (Å²) in [6.45, 7) is 2.65. The standard InChI is InChI=1S/C12H14FIO2/c1-2-5-16-10-4-3-9(14)11-7(10)6-8(13)12(11)15/h3-4,8,12,15H,2,5-6H2,1H3. The highest BCUT2D eigenvalue weighted by atomic mass is 127. The van der Waals surface area contributed by atoms with Gasteiger partial charge < -0.3 is 9.84 Å². The van der Waals surface area contributed by atoms with Crippen molar-refractivity contribution < 1.29 is 14.2 Å². The minimum absolute atomic E-state index is 0.256. The number of aliphatic hydroxyl groups excluding tert-OH is 1.